The highest BCUT2D eigenvalue weighted by molar-refractivity contribution is 5.59. The number of carbonyl (C=O) groups excluding carboxylic acids is 1. The van der Waals surface area contributed by atoms with Gasteiger partial charge in [-0.15, -0.1) is 5.10 Å². The molecular formula is C7H10N2O4. The summed E-state index contributed by atoms with van der Waals surface area (Å²) < 4.78 is 9.28. The molecule has 0 N–H and O–H groups in total. The summed E-state index contributed by atoms with van der Waals surface area (Å²) in [6.07, 6.45) is 2.17. The molecule has 0 aliphatic rings. The molecule has 1 aromatic heterocycles. The number of carbonyl (C=O) groups is 1. The van der Waals surface area contributed by atoms with Gasteiger partial charge in [0, 0.05) is 7.11 Å². The first-order valence-corrected chi connectivity index (χ1v) is 3.66. The van der Waals surface area contributed by atoms with Crippen molar-refractivity contribution in [3.63, 3.8) is 0 Å². The van der Waals surface area contributed by atoms with E-state index in [1.165, 1.54) is 19.5 Å². The third-order valence-electron chi connectivity index (χ3n) is 1.16. The largest absolute Gasteiger partial charge is 0.535 e. The van der Waals surface area contributed by atoms with Gasteiger partial charge in [0.2, 0.25) is 0 Å². The molecule has 0 saturated heterocycles. The van der Waals surface area contributed by atoms with E-state index in [1.807, 2.05) is 0 Å². The molecule has 0 radical (unpaired) electrons. The maximum atomic E-state index is 10.8. The van der Waals surface area contributed by atoms with E-state index in [4.69, 9.17) is 0 Å². The van der Waals surface area contributed by atoms with Crippen LogP contribution in [0.4, 0.5) is 4.79 Å². The number of hydrogen-bond acceptors (Lipinski definition) is 5. The van der Waals surface area contributed by atoms with Gasteiger partial charge in [0.15, 0.2) is 0 Å². The fourth-order valence-corrected chi connectivity index (χ4v) is 0.620. The molecule has 0 aliphatic heterocycles. The first-order chi connectivity index (χ1) is 6.33. The highest BCUT2D eigenvalue weighted by Crippen LogP contribution is 1.84. The minimum atomic E-state index is -0.805. The molecule has 1 rings (SSSR count). The topological polar surface area (TPSA) is 62.6 Å². The van der Waals surface area contributed by atoms with Crippen LogP contribution < -0.4 is 4.84 Å². The second-order valence-corrected chi connectivity index (χ2v) is 2.09. The van der Waals surface area contributed by atoms with Crippen molar-refractivity contribution in [2.45, 2.75) is 0 Å². The fourth-order valence-electron chi connectivity index (χ4n) is 0.620. The van der Waals surface area contributed by atoms with Crippen LogP contribution in [0, 0.1) is 0 Å². The molecule has 0 unspecified atom stereocenters. The van der Waals surface area contributed by atoms with E-state index in [0.717, 1.165) is 4.85 Å². The summed E-state index contributed by atoms with van der Waals surface area (Å²) in [4.78, 5) is 16.4. The van der Waals surface area contributed by atoms with Gasteiger partial charge < -0.3 is 9.47 Å². The number of hydrogen-bond donors (Lipinski definition) is 0. The Balaban J connectivity index is 2.18. The minimum Gasteiger partial charge on any atom is -0.430 e. The van der Waals surface area contributed by atoms with Crippen LogP contribution in [0.15, 0.2) is 18.5 Å². The molecule has 0 amide bonds. The van der Waals surface area contributed by atoms with Crippen molar-refractivity contribution in [3.8, 4) is 0 Å². The predicted molar refractivity (Wildman–Crippen MR) is 42.0 cm³/mol. The zero-order valence-electron chi connectivity index (χ0n) is 7.17. The summed E-state index contributed by atoms with van der Waals surface area (Å²) in [6, 6.07) is 1.63. The Kier molecular flexibility index (Phi) is 3.77. The predicted octanol–water partition coefficient (Wildman–Crippen LogP) is 0.0947. The molecule has 0 spiro atoms. The van der Waals surface area contributed by atoms with Crippen LogP contribution >= 0.6 is 0 Å². The fraction of sp³-hybridized carbons (Fsp3) is 0.429. The Morgan fingerprint density at radius 3 is 3.00 bits per heavy atom. The SMILES string of the molecule is COCCOC(=O)On1cccn1. The van der Waals surface area contributed by atoms with Gasteiger partial charge in [-0.2, -0.15) is 0 Å². The molecule has 0 aromatic carbocycles. The average molecular weight is 186 g/mol. The van der Waals surface area contributed by atoms with Crippen LogP contribution in [0.2, 0.25) is 0 Å². The van der Waals surface area contributed by atoms with Gasteiger partial charge in [-0.3, -0.25) is 4.84 Å². The summed E-state index contributed by atoms with van der Waals surface area (Å²) >= 11 is 0. The summed E-state index contributed by atoms with van der Waals surface area (Å²) in [5.41, 5.74) is 0. The van der Waals surface area contributed by atoms with Gasteiger partial charge in [-0.1, -0.05) is 4.85 Å². The minimum absolute atomic E-state index is 0.163. The quantitative estimate of drug-likeness (QED) is 0.492. The maximum Gasteiger partial charge on any atom is 0.535 e. The van der Waals surface area contributed by atoms with E-state index in [2.05, 4.69) is 19.4 Å². The molecule has 72 valence electrons. The van der Waals surface area contributed by atoms with Gasteiger partial charge in [0.05, 0.1) is 19.0 Å². The first-order valence-electron chi connectivity index (χ1n) is 3.66. The Labute approximate surface area is 75.0 Å². The second-order valence-electron chi connectivity index (χ2n) is 2.09. The Bertz CT molecular complexity index is 247. The van der Waals surface area contributed by atoms with E-state index in [1.54, 1.807) is 6.07 Å². The molecule has 0 saturated carbocycles. The molecule has 0 bridgehead atoms. The van der Waals surface area contributed by atoms with Crippen molar-refractivity contribution in [3.05, 3.63) is 18.5 Å². The van der Waals surface area contributed by atoms with Crippen molar-refractivity contribution in [1.29, 1.82) is 0 Å². The smallest absolute Gasteiger partial charge is 0.430 e. The number of ether oxygens (including phenoxy) is 2. The zero-order valence-corrected chi connectivity index (χ0v) is 7.17. The first kappa shape index (κ1) is 9.53. The van der Waals surface area contributed by atoms with Crippen LogP contribution in [-0.4, -0.2) is 36.4 Å². The standard InChI is InChI=1S/C7H10N2O4/c1-11-5-6-12-7(10)13-9-4-2-3-8-9/h2-4H,5-6H2,1H3. The van der Waals surface area contributed by atoms with Crippen LogP contribution in [0.3, 0.4) is 0 Å². The summed E-state index contributed by atoms with van der Waals surface area (Å²) in [7, 11) is 1.52. The molecule has 6 heteroatoms. The summed E-state index contributed by atoms with van der Waals surface area (Å²) in [6.45, 7) is 0.505. The lowest BCUT2D eigenvalue weighted by Gasteiger charge is -2.03. The molecular weight excluding hydrogens is 176 g/mol. The number of methoxy groups -OCH3 is 1. The number of aromatic nitrogens is 2. The molecule has 13 heavy (non-hydrogen) atoms. The summed E-state index contributed by atoms with van der Waals surface area (Å²) in [5.74, 6) is 0. The van der Waals surface area contributed by atoms with Crippen molar-refractivity contribution in [2.24, 2.45) is 0 Å². The van der Waals surface area contributed by atoms with Crippen molar-refractivity contribution >= 4 is 6.16 Å². The summed E-state index contributed by atoms with van der Waals surface area (Å²) in [5, 5.41) is 3.65. The van der Waals surface area contributed by atoms with Crippen LogP contribution in [0.25, 0.3) is 0 Å². The van der Waals surface area contributed by atoms with Gasteiger partial charge >= 0.3 is 6.16 Å². The van der Waals surface area contributed by atoms with Crippen LogP contribution in [0.1, 0.15) is 0 Å². The van der Waals surface area contributed by atoms with Gasteiger partial charge in [0.25, 0.3) is 0 Å². The monoisotopic (exact) mass is 186 g/mol. The van der Waals surface area contributed by atoms with E-state index >= 15 is 0 Å². The molecule has 6 nitrogen and oxygen atoms in total. The third-order valence-corrected chi connectivity index (χ3v) is 1.16. The maximum absolute atomic E-state index is 10.8. The van der Waals surface area contributed by atoms with Crippen molar-refractivity contribution in [2.75, 3.05) is 20.3 Å². The van der Waals surface area contributed by atoms with E-state index in [9.17, 15) is 4.79 Å². The highest BCUT2D eigenvalue weighted by Gasteiger charge is 2.04. The van der Waals surface area contributed by atoms with E-state index in [0.29, 0.717) is 6.61 Å². The molecule has 0 atom stereocenters. The van der Waals surface area contributed by atoms with Crippen LogP contribution in [0.5, 0.6) is 0 Å². The lowest BCUT2D eigenvalue weighted by molar-refractivity contribution is 0.0228. The number of nitrogens with zero attached hydrogens (tertiary/aromatic N) is 2. The second kappa shape index (κ2) is 5.15. The van der Waals surface area contributed by atoms with Crippen molar-refractivity contribution in [1.82, 2.24) is 9.94 Å². The van der Waals surface area contributed by atoms with Gasteiger partial charge in [0.1, 0.15) is 6.61 Å². The molecule has 0 fully saturated rings. The normalized spacial score (nSPS) is 9.62. The Morgan fingerprint density at radius 2 is 2.38 bits per heavy atom. The average Bonchev–Trinajstić information content (AvgIpc) is 2.57. The van der Waals surface area contributed by atoms with E-state index in [-0.39, 0.29) is 6.61 Å². The third kappa shape index (κ3) is 3.57. The molecule has 0 aliphatic carbocycles. The van der Waals surface area contributed by atoms with Crippen LogP contribution in [-0.2, 0) is 9.47 Å². The molecule has 1 heterocycles. The van der Waals surface area contributed by atoms with Crippen molar-refractivity contribution < 1.29 is 19.1 Å². The Morgan fingerprint density at radius 1 is 1.54 bits per heavy atom. The zero-order chi connectivity index (χ0) is 9.52. The molecule has 1 aromatic rings. The van der Waals surface area contributed by atoms with Gasteiger partial charge in [-0.25, -0.2) is 4.79 Å². The van der Waals surface area contributed by atoms with Gasteiger partial charge in [-0.05, 0) is 6.07 Å². The number of rotatable bonds is 4. The lowest BCUT2D eigenvalue weighted by Crippen LogP contribution is -2.22. The highest BCUT2D eigenvalue weighted by atomic mass is 16.8. The van der Waals surface area contributed by atoms with E-state index < -0.39 is 6.16 Å². The lowest BCUT2D eigenvalue weighted by atomic mass is 10.8. The Hall–Kier alpha value is -1.56.